The van der Waals surface area contributed by atoms with Crippen molar-refractivity contribution in [2.45, 2.75) is 106 Å². The molecule has 0 aliphatic rings. The maximum Gasteiger partial charge on any atom is 0.408 e. The number of hydrogen-bond acceptors (Lipinski definition) is 4. The highest BCUT2D eigenvalue weighted by Gasteiger charge is 2.38. The Morgan fingerprint density at radius 3 is 2.02 bits per heavy atom. The van der Waals surface area contributed by atoms with Gasteiger partial charge < -0.3 is 20.3 Å². The number of benzene rings is 2. The monoisotopic (exact) mass is 551 g/mol. The van der Waals surface area contributed by atoms with Crippen LogP contribution in [0.1, 0.15) is 95.5 Å². The van der Waals surface area contributed by atoms with Crippen LogP contribution in [0.25, 0.3) is 0 Å². The molecule has 3 amide bonds. The van der Waals surface area contributed by atoms with E-state index >= 15 is 0 Å². The minimum absolute atomic E-state index is 0.226. The highest BCUT2D eigenvalue weighted by molar-refractivity contribution is 5.99. The second kappa shape index (κ2) is 14.9. The van der Waals surface area contributed by atoms with E-state index in [4.69, 9.17) is 4.74 Å². The van der Waals surface area contributed by atoms with Crippen LogP contribution in [-0.2, 0) is 14.3 Å². The van der Waals surface area contributed by atoms with Crippen molar-refractivity contribution in [2.24, 2.45) is 5.92 Å². The number of ether oxygens (including phenoxy) is 1. The molecule has 2 rings (SSSR count). The summed E-state index contributed by atoms with van der Waals surface area (Å²) < 4.78 is 5.48. The number of anilines is 1. The van der Waals surface area contributed by atoms with Crippen LogP contribution >= 0.6 is 0 Å². The highest BCUT2D eigenvalue weighted by Crippen LogP contribution is 2.31. The van der Waals surface area contributed by atoms with E-state index < -0.39 is 23.8 Å². The number of unbranched alkanes of at least 4 members (excludes halogenated alkanes) is 3. The molecule has 40 heavy (non-hydrogen) atoms. The molecule has 220 valence electrons. The summed E-state index contributed by atoms with van der Waals surface area (Å²) in [5.41, 5.74) is 3.59. The summed E-state index contributed by atoms with van der Waals surface area (Å²) in [5, 5.41) is 5.90. The third kappa shape index (κ3) is 9.39. The van der Waals surface area contributed by atoms with Crippen LogP contribution in [0, 0.1) is 26.7 Å². The Morgan fingerprint density at radius 1 is 0.875 bits per heavy atom. The third-order valence-corrected chi connectivity index (χ3v) is 6.92. The first-order valence-electron chi connectivity index (χ1n) is 14.5. The van der Waals surface area contributed by atoms with Crippen molar-refractivity contribution in [3.8, 4) is 0 Å². The van der Waals surface area contributed by atoms with Crippen LogP contribution < -0.4 is 10.6 Å². The molecule has 0 aliphatic heterocycles. The summed E-state index contributed by atoms with van der Waals surface area (Å²) in [6.45, 7) is 17.5. The number of nitrogens with one attached hydrogen (secondary N) is 2. The Morgan fingerprint density at radius 2 is 1.48 bits per heavy atom. The summed E-state index contributed by atoms with van der Waals surface area (Å²) in [5.74, 6) is -0.809. The van der Waals surface area contributed by atoms with Crippen LogP contribution in [0.2, 0.25) is 0 Å². The number of amides is 3. The molecule has 0 saturated carbocycles. The fourth-order valence-corrected chi connectivity index (χ4v) is 4.80. The molecule has 7 nitrogen and oxygen atoms in total. The van der Waals surface area contributed by atoms with E-state index in [2.05, 4.69) is 17.6 Å². The highest BCUT2D eigenvalue weighted by atomic mass is 16.6. The molecule has 0 saturated heterocycles. The van der Waals surface area contributed by atoms with E-state index in [1.54, 1.807) is 25.7 Å². The van der Waals surface area contributed by atoms with Crippen LogP contribution in [0.3, 0.4) is 0 Å². The molecule has 2 aromatic carbocycles. The van der Waals surface area contributed by atoms with Crippen molar-refractivity contribution in [2.75, 3.05) is 11.9 Å². The van der Waals surface area contributed by atoms with Gasteiger partial charge in [-0.1, -0.05) is 76.4 Å². The Hall–Kier alpha value is -3.35. The summed E-state index contributed by atoms with van der Waals surface area (Å²) in [4.78, 5) is 43.0. The minimum Gasteiger partial charge on any atom is -0.444 e. The van der Waals surface area contributed by atoms with E-state index in [-0.39, 0.29) is 17.7 Å². The van der Waals surface area contributed by atoms with Gasteiger partial charge in [0.2, 0.25) is 5.91 Å². The lowest BCUT2D eigenvalue weighted by Gasteiger charge is -2.37. The third-order valence-electron chi connectivity index (χ3n) is 6.92. The van der Waals surface area contributed by atoms with Gasteiger partial charge in [-0.15, -0.1) is 0 Å². The Kier molecular flexibility index (Phi) is 12.2. The molecule has 0 heterocycles. The smallest absolute Gasteiger partial charge is 0.408 e. The van der Waals surface area contributed by atoms with E-state index in [0.717, 1.165) is 47.9 Å². The van der Waals surface area contributed by atoms with Gasteiger partial charge >= 0.3 is 6.09 Å². The predicted octanol–water partition coefficient (Wildman–Crippen LogP) is 7.25. The average Bonchev–Trinajstić information content (AvgIpc) is 2.85. The normalized spacial score (nSPS) is 12.9. The average molecular weight is 552 g/mol. The molecule has 2 atom stereocenters. The van der Waals surface area contributed by atoms with Gasteiger partial charge in [0.15, 0.2) is 0 Å². The zero-order valence-electron chi connectivity index (χ0n) is 25.9. The lowest BCUT2D eigenvalue weighted by atomic mass is 9.92. The van der Waals surface area contributed by atoms with Crippen LogP contribution in [0.15, 0.2) is 42.5 Å². The SMILES string of the molecule is CCCCCCN(C(=O)C(NC(=O)OC(C)(C)C)C(C)C)C(C(=O)Nc1ccccc1C)c1c(C)cccc1C. The lowest BCUT2D eigenvalue weighted by molar-refractivity contribution is -0.141. The van der Waals surface area contributed by atoms with E-state index in [1.165, 1.54) is 0 Å². The second-order valence-electron chi connectivity index (χ2n) is 12.0. The zero-order valence-corrected chi connectivity index (χ0v) is 25.9. The van der Waals surface area contributed by atoms with Gasteiger partial charge in [-0.05, 0) is 82.2 Å². The predicted molar refractivity (Wildman–Crippen MR) is 162 cm³/mol. The standard InChI is InChI=1S/C33H49N3O4/c1-10-11-12-15-21-36(31(38)28(22(2)3)35-32(39)40-33(7,8)9)29(27-24(5)18-16-19-25(27)6)30(37)34-26-20-14-13-17-23(26)4/h13-14,16-20,22,28-29H,10-12,15,21H2,1-9H3,(H,34,37)(H,35,39). The van der Waals surface area contributed by atoms with E-state index in [1.807, 2.05) is 77.1 Å². The molecule has 2 unspecified atom stereocenters. The molecule has 0 fully saturated rings. The largest absolute Gasteiger partial charge is 0.444 e. The van der Waals surface area contributed by atoms with Crippen molar-refractivity contribution < 1.29 is 19.1 Å². The number of carbonyl (C=O) groups is 3. The number of para-hydroxylation sites is 1. The molecular formula is C33H49N3O4. The summed E-state index contributed by atoms with van der Waals surface area (Å²) in [7, 11) is 0. The van der Waals surface area contributed by atoms with Gasteiger partial charge in [0, 0.05) is 12.2 Å². The molecule has 0 aromatic heterocycles. The fourth-order valence-electron chi connectivity index (χ4n) is 4.80. The second-order valence-corrected chi connectivity index (χ2v) is 12.0. The number of aryl methyl sites for hydroxylation is 3. The molecular weight excluding hydrogens is 502 g/mol. The van der Waals surface area contributed by atoms with Gasteiger partial charge in [0.05, 0.1) is 0 Å². The number of nitrogens with zero attached hydrogens (tertiary/aromatic N) is 1. The van der Waals surface area contributed by atoms with Crippen molar-refractivity contribution in [1.29, 1.82) is 0 Å². The minimum atomic E-state index is -0.878. The quantitative estimate of drug-likeness (QED) is 0.272. The number of rotatable bonds is 12. The number of alkyl carbamates (subject to hydrolysis) is 1. The van der Waals surface area contributed by atoms with Crippen molar-refractivity contribution >= 4 is 23.6 Å². The van der Waals surface area contributed by atoms with Gasteiger partial charge in [0.25, 0.3) is 5.91 Å². The molecule has 2 N–H and O–H groups in total. The first kappa shape index (κ1) is 32.9. The molecule has 7 heteroatoms. The zero-order chi connectivity index (χ0) is 30.0. The molecule has 0 aliphatic carbocycles. The number of hydrogen-bond donors (Lipinski definition) is 2. The summed E-state index contributed by atoms with van der Waals surface area (Å²) in [6.07, 6.45) is 3.12. The molecule has 2 aromatic rings. The molecule has 0 bridgehead atoms. The van der Waals surface area contributed by atoms with E-state index in [9.17, 15) is 14.4 Å². The van der Waals surface area contributed by atoms with Gasteiger partial charge in [-0.25, -0.2) is 4.79 Å². The molecule has 0 radical (unpaired) electrons. The summed E-state index contributed by atoms with van der Waals surface area (Å²) in [6, 6.07) is 11.8. The van der Waals surface area contributed by atoms with Gasteiger partial charge in [-0.2, -0.15) is 0 Å². The van der Waals surface area contributed by atoms with Gasteiger partial charge in [0.1, 0.15) is 17.7 Å². The Bertz CT molecular complexity index is 1130. The van der Waals surface area contributed by atoms with Crippen LogP contribution in [0.4, 0.5) is 10.5 Å². The Balaban J connectivity index is 2.61. The topological polar surface area (TPSA) is 87.7 Å². The van der Waals surface area contributed by atoms with Crippen LogP contribution in [0.5, 0.6) is 0 Å². The van der Waals surface area contributed by atoms with Crippen LogP contribution in [-0.4, -0.2) is 41.0 Å². The van der Waals surface area contributed by atoms with Crippen molar-refractivity contribution in [3.63, 3.8) is 0 Å². The first-order chi connectivity index (χ1) is 18.8. The van der Waals surface area contributed by atoms with E-state index in [0.29, 0.717) is 12.2 Å². The van der Waals surface area contributed by atoms with Crippen molar-refractivity contribution in [3.05, 3.63) is 64.7 Å². The Labute approximate surface area is 241 Å². The lowest BCUT2D eigenvalue weighted by Crippen LogP contribution is -2.54. The number of carbonyl (C=O) groups excluding carboxylic acids is 3. The first-order valence-corrected chi connectivity index (χ1v) is 14.5. The molecule has 0 spiro atoms. The maximum atomic E-state index is 14.4. The van der Waals surface area contributed by atoms with Gasteiger partial charge in [-0.3, -0.25) is 9.59 Å². The maximum absolute atomic E-state index is 14.4. The fraction of sp³-hybridized carbons (Fsp3) is 0.545. The summed E-state index contributed by atoms with van der Waals surface area (Å²) >= 11 is 0. The van der Waals surface area contributed by atoms with Crippen molar-refractivity contribution in [1.82, 2.24) is 10.2 Å².